The monoisotopic (exact) mass is 182 g/mol. The predicted octanol–water partition coefficient (Wildman–Crippen LogP) is 3.14. The van der Waals surface area contributed by atoms with Gasteiger partial charge in [0.2, 0.25) is 0 Å². The average Bonchev–Trinajstić information content (AvgIpc) is 2.13. The Bertz CT molecular complexity index is 182. The van der Waals surface area contributed by atoms with Crippen molar-refractivity contribution in [2.45, 2.75) is 52.1 Å². The van der Waals surface area contributed by atoms with E-state index in [0.717, 1.165) is 25.7 Å². The maximum atomic E-state index is 10.4. The Morgan fingerprint density at radius 3 is 2.46 bits per heavy atom. The number of rotatable bonds is 3. The summed E-state index contributed by atoms with van der Waals surface area (Å²) in [5, 5.41) is 10.4. The molecule has 0 aromatic heterocycles. The van der Waals surface area contributed by atoms with E-state index in [9.17, 15) is 5.11 Å². The first-order valence-corrected chi connectivity index (χ1v) is 5.54. The van der Waals surface area contributed by atoms with Crippen molar-refractivity contribution in [2.24, 2.45) is 11.8 Å². The number of hydrogen-bond donors (Lipinski definition) is 1. The fourth-order valence-corrected chi connectivity index (χ4v) is 2.31. The number of allylic oxidation sites excluding steroid dienone is 1. The van der Waals surface area contributed by atoms with Crippen molar-refractivity contribution in [2.75, 3.05) is 0 Å². The van der Waals surface area contributed by atoms with Gasteiger partial charge in [-0.2, -0.15) is 0 Å². The van der Waals surface area contributed by atoms with E-state index in [4.69, 9.17) is 0 Å². The molecule has 0 amide bonds. The molecular weight excluding hydrogens is 160 g/mol. The Morgan fingerprint density at radius 1 is 1.46 bits per heavy atom. The van der Waals surface area contributed by atoms with E-state index >= 15 is 0 Å². The molecule has 0 saturated heterocycles. The summed E-state index contributed by atoms with van der Waals surface area (Å²) in [7, 11) is 0. The molecule has 0 aromatic carbocycles. The summed E-state index contributed by atoms with van der Waals surface area (Å²) in [4.78, 5) is 0. The van der Waals surface area contributed by atoms with Gasteiger partial charge in [0.1, 0.15) is 0 Å². The second-order valence-corrected chi connectivity index (χ2v) is 4.38. The number of aliphatic hydroxyl groups is 1. The third-order valence-corrected chi connectivity index (χ3v) is 3.41. The molecule has 76 valence electrons. The Morgan fingerprint density at radius 2 is 2.08 bits per heavy atom. The smallest absolute Gasteiger partial charge is 0.0855 e. The maximum Gasteiger partial charge on any atom is 0.0855 e. The van der Waals surface area contributed by atoms with Crippen LogP contribution in [0.15, 0.2) is 12.2 Å². The zero-order valence-corrected chi connectivity index (χ0v) is 9.09. The Kier molecular flexibility index (Phi) is 3.55. The molecule has 0 radical (unpaired) electrons. The van der Waals surface area contributed by atoms with Gasteiger partial charge in [-0.1, -0.05) is 45.8 Å². The summed E-state index contributed by atoms with van der Waals surface area (Å²) in [6.45, 7) is 6.54. The molecule has 0 spiro atoms. The molecule has 0 aliphatic heterocycles. The Balaban J connectivity index is 2.70. The van der Waals surface area contributed by atoms with E-state index in [-0.39, 0.29) is 0 Å². The number of hydrogen-bond acceptors (Lipinski definition) is 1. The van der Waals surface area contributed by atoms with E-state index in [1.54, 1.807) is 0 Å². The lowest BCUT2D eigenvalue weighted by atomic mass is 9.75. The van der Waals surface area contributed by atoms with Gasteiger partial charge >= 0.3 is 0 Å². The molecule has 1 nitrogen and oxygen atoms in total. The van der Waals surface area contributed by atoms with E-state index in [1.807, 2.05) is 6.08 Å². The summed E-state index contributed by atoms with van der Waals surface area (Å²) in [6.07, 6.45) is 8.43. The molecule has 13 heavy (non-hydrogen) atoms. The van der Waals surface area contributed by atoms with Gasteiger partial charge in [-0.25, -0.2) is 0 Å². The Labute approximate surface area is 81.9 Å². The maximum absolute atomic E-state index is 10.4. The summed E-state index contributed by atoms with van der Waals surface area (Å²) >= 11 is 0. The largest absolute Gasteiger partial charge is 0.386 e. The molecule has 0 aromatic rings. The van der Waals surface area contributed by atoms with Crippen molar-refractivity contribution < 1.29 is 5.11 Å². The average molecular weight is 182 g/mol. The van der Waals surface area contributed by atoms with E-state index < -0.39 is 5.60 Å². The highest BCUT2D eigenvalue weighted by atomic mass is 16.3. The normalized spacial score (nSPS) is 34.1. The molecular formula is C12H22O. The van der Waals surface area contributed by atoms with Gasteiger partial charge in [0.25, 0.3) is 0 Å². The van der Waals surface area contributed by atoms with Crippen LogP contribution >= 0.6 is 0 Å². The van der Waals surface area contributed by atoms with Gasteiger partial charge in [0.05, 0.1) is 5.60 Å². The second-order valence-electron chi connectivity index (χ2n) is 4.38. The van der Waals surface area contributed by atoms with Crippen LogP contribution in [0.3, 0.4) is 0 Å². The quantitative estimate of drug-likeness (QED) is 0.665. The first kappa shape index (κ1) is 10.8. The fraction of sp³-hybridized carbons (Fsp3) is 0.833. The summed E-state index contributed by atoms with van der Waals surface area (Å²) in [6, 6.07) is 0. The molecule has 0 heterocycles. The summed E-state index contributed by atoms with van der Waals surface area (Å²) in [5.41, 5.74) is -0.504. The van der Waals surface area contributed by atoms with Crippen LogP contribution < -0.4 is 0 Å². The van der Waals surface area contributed by atoms with Crippen molar-refractivity contribution in [3.8, 4) is 0 Å². The first-order chi connectivity index (χ1) is 6.12. The Hall–Kier alpha value is -0.300. The lowest BCUT2D eigenvalue weighted by Gasteiger charge is -2.36. The molecule has 2 atom stereocenters. The third-order valence-electron chi connectivity index (χ3n) is 3.41. The van der Waals surface area contributed by atoms with Gasteiger partial charge in [0.15, 0.2) is 0 Å². The zero-order valence-electron chi connectivity index (χ0n) is 9.09. The van der Waals surface area contributed by atoms with Gasteiger partial charge < -0.3 is 5.11 Å². The fourth-order valence-electron chi connectivity index (χ4n) is 2.31. The van der Waals surface area contributed by atoms with Crippen molar-refractivity contribution in [1.82, 2.24) is 0 Å². The second kappa shape index (κ2) is 4.28. The summed E-state index contributed by atoms with van der Waals surface area (Å²) < 4.78 is 0. The minimum atomic E-state index is -0.504. The lowest BCUT2D eigenvalue weighted by Crippen LogP contribution is -2.37. The molecule has 1 aliphatic rings. The van der Waals surface area contributed by atoms with Crippen LogP contribution in [-0.2, 0) is 0 Å². The molecule has 0 saturated carbocycles. The highest BCUT2D eigenvalue weighted by molar-refractivity contribution is 5.09. The van der Waals surface area contributed by atoms with E-state index in [0.29, 0.717) is 11.8 Å². The van der Waals surface area contributed by atoms with Gasteiger partial charge in [0, 0.05) is 0 Å². The molecule has 1 aliphatic carbocycles. The van der Waals surface area contributed by atoms with Gasteiger partial charge in [-0.05, 0) is 24.7 Å². The summed E-state index contributed by atoms with van der Waals surface area (Å²) in [5.74, 6) is 1.09. The van der Waals surface area contributed by atoms with Crippen LogP contribution in [0.4, 0.5) is 0 Å². The molecule has 1 rings (SSSR count). The predicted molar refractivity (Wildman–Crippen MR) is 56.6 cm³/mol. The topological polar surface area (TPSA) is 20.2 Å². The highest BCUT2D eigenvalue weighted by Gasteiger charge is 2.33. The highest BCUT2D eigenvalue weighted by Crippen LogP contribution is 2.34. The SMILES string of the molecule is CCC(CC)C1(O)C=CC(C)CC1. The van der Waals surface area contributed by atoms with E-state index in [1.165, 1.54) is 0 Å². The molecule has 2 unspecified atom stereocenters. The van der Waals surface area contributed by atoms with Crippen LogP contribution in [0.1, 0.15) is 46.5 Å². The molecule has 0 bridgehead atoms. The van der Waals surface area contributed by atoms with Crippen LogP contribution in [0.2, 0.25) is 0 Å². The van der Waals surface area contributed by atoms with Crippen molar-refractivity contribution in [3.63, 3.8) is 0 Å². The van der Waals surface area contributed by atoms with Crippen LogP contribution in [0.5, 0.6) is 0 Å². The standard InChI is InChI=1S/C12H22O/c1-4-11(5-2)12(13)8-6-10(3)7-9-12/h6,8,10-11,13H,4-5,7,9H2,1-3H3. The van der Waals surface area contributed by atoms with Gasteiger partial charge in [-0.3, -0.25) is 0 Å². The van der Waals surface area contributed by atoms with Crippen molar-refractivity contribution in [1.29, 1.82) is 0 Å². The third kappa shape index (κ3) is 2.34. The van der Waals surface area contributed by atoms with Crippen LogP contribution in [-0.4, -0.2) is 10.7 Å². The van der Waals surface area contributed by atoms with Crippen LogP contribution in [0, 0.1) is 11.8 Å². The molecule has 0 fully saturated rings. The minimum Gasteiger partial charge on any atom is -0.386 e. The molecule has 1 N–H and O–H groups in total. The van der Waals surface area contributed by atoms with Crippen LogP contribution in [0.25, 0.3) is 0 Å². The minimum absolute atomic E-state index is 0.441. The van der Waals surface area contributed by atoms with Crippen molar-refractivity contribution >= 4 is 0 Å². The first-order valence-electron chi connectivity index (χ1n) is 5.54. The van der Waals surface area contributed by atoms with Crippen molar-refractivity contribution in [3.05, 3.63) is 12.2 Å². The van der Waals surface area contributed by atoms with E-state index in [2.05, 4.69) is 26.8 Å². The van der Waals surface area contributed by atoms with Gasteiger partial charge in [-0.15, -0.1) is 0 Å². The zero-order chi connectivity index (χ0) is 9.90. The molecule has 1 heteroatoms. The lowest BCUT2D eigenvalue weighted by molar-refractivity contribution is 0.00689.